The van der Waals surface area contributed by atoms with Crippen LogP contribution < -0.4 is 5.56 Å². The maximum Gasteiger partial charge on any atom is 0.258 e. The quantitative estimate of drug-likeness (QED) is 0.829. The highest BCUT2D eigenvalue weighted by Gasteiger charge is 2.02. The van der Waals surface area contributed by atoms with Gasteiger partial charge in [-0.05, 0) is 24.6 Å². The normalized spacial score (nSPS) is 10.9. The molecule has 1 N–H and O–H groups in total. The molecule has 0 unspecified atom stereocenters. The second kappa shape index (κ2) is 5.33. The topological polar surface area (TPSA) is 54.6 Å². The molecule has 0 saturated carbocycles. The first-order valence-corrected chi connectivity index (χ1v) is 6.54. The van der Waals surface area contributed by atoms with E-state index in [-0.39, 0.29) is 12.2 Å². The van der Waals surface area contributed by atoms with Crippen LogP contribution in [0, 0.1) is 6.92 Å². The van der Waals surface area contributed by atoms with Gasteiger partial charge in [0.2, 0.25) is 0 Å². The van der Waals surface area contributed by atoms with E-state index in [0.717, 1.165) is 11.3 Å². The van der Waals surface area contributed by atoms with E-state index in [9.17, 15) is 4.79 Å². The van der Waals surface area contributed by atoms with Crippen molar-refractivity contribution < 1.29 is 5.11 Å². The zero-order valence-electron chi connectivity index (χ0n) is 9.59. The van der Waals surface area contributed by atoms with Gasteiger partial charge in [-0.15, -0.1) is 0 Å². The van der Waals surface area contributed by atoms with Gasteiger partial charge in [0.05, 0.1) is 12.3 Å². The summed E-state index contributed by atoms with van der Waals surface area (Å²) in [5.74, 6) is 1.31. The second-order valence-electron chi connectivity index (χ2n) is 3.79. The van der Waals surface area contributed by atoms with E-state index < -0.39 is 0 Å². The number of aryl methyl sites for hydroxylation is 1. The highest BCUT2D eigenvalue weighted by Crippen LogP contribution is 2.09. The lowest BCUT2D eigenvalue weighted by Crippen LogP contribution is -2.15. The number of aliphatic hydroxyl groups is 1. The molecule has 2 aromatic heterocycles. The van der Waals surface area contributed by atoms with E-state index in [4.69, 9.17) is 5.11 Å². The lowest BCUT2D eigenvalue weighted by atomic mass is 10.3. The number of pyridine rings is 1. The minimum atomic E-state index is -0.0606. The van der Waals surface area contributed by atoms with Crippen LogP contribution in [0.5, 0.6) is 0 Å². The van der Waals surface area contributed by atoms with Crippen molar-refractivity contribution in [3.8, 4) is 0 Å². The zero-order chi connectivity index (χ0) is 12.3. The lowest BCUT2D eigenvalue weighted by molar-refractivity contribution is 0.322. The predicted molar refractivity (Wildman–Crippen MR) is 69.4 cm³/mol. The lowest BCUT2D eigenvalue weighted by Gasteiger charge is -2.04. The summed E-state index contributed by atoms with van der Waals surface area (Å²) in [5.41, 5.74) is 2.46. The average Bonchev–Trinajstić information content (AvgIpc) is 2.28. The molecule has 0 bridgehead atoms. The summed E-state index contributed by atoms with van der Waals surface area (Å²) in [6.07, 6.45) is 1.74. The number of nitrogens with zero attached hydrogens (tertiary/aromatic N) is 2. The molecule has 0 fully saturated rings. The number of aliphatic hydroxyl groups excluding tert-OH is 1. The van der Waals surface area contributed by atoms with Crippen LogP contribution in [-0.2, 0) is 5.75 Å². The highest BCUT2D eigenvalue weighted by atomic mass is 32.2. The molecule has 0 aliphatic carbocycles. The maximum atomic E-state index is 11.8. The van der Waals surface area contributed by atoms with E-state index in [2.05, 4.69) is 4.98 Å². The Morgan fingerprint density at radius 2 is 2.29 bits per heavy atom. The monoisotopic (exact) mass is 250 g/mol. The number of hydrogen-bond acceptors (Lipinski definition) is 4. The molecular formula is C12H14N2O2S. The smallest absolute Gasteiger partial charge is 0.258 e. The Hall–Kier alpha value is -1.33. The van der Waals surface area contributed by atoms with Crippen LogP contribution >= 0.6 is 11.8 Å². The van der Waals surface area contributed by atoms with Crippen molar-refractivity contribution in [2.75, 3.05) is 12.4 Å². The summed E-state index contributed by atoms with van der Waals surface area (Å²) in [7, 11) is 0. The minimum absolute atomic E-state index is 0.0606. The standard InChI is InChI=1S/C12H14N2O2S/c1-9-2-3-14-11(6-9)13-10(7-12(14)16)8-17-5-4-15/h2-3,6-7,15H,4-5,8H2,1H3. The summed E-state index contributed by atoms with van der Waals surface area (Å²) < 4.78 is 1.53. The molecule has 0 aromatic carbocycles. The molecule has 0 aliphatic heterocycles. The van der Waals surface area contributed by atoms with Gasteiger partial charge in [-0.25, -0.2) is 4.98 Å². The van der Waals surface area contributed by atoms with Gasteiger partial charge in [-0.1, -0.05) is 0 Å². The molecule has 0 spiro atoms. The Labute approximate surface area is 103 Å². The molecule has 2 heterocycles. The largest absolute Gasteiger partial charge is 0.396 e. The van der Waals surface area contributed by atoms with Crippen molar-refractivity contribution in [1.82, 2.24) is 9.38 Å². The first-order valence-electron chi connectivity index (χ1n) is 5.38. The van der Waals surface area contributed by atoms with Crippen molar-refractivity contribution >= 4 is 17.4 Å². The third kappa shape index (κ3) is 2.87. The molecule has 0 atom stereocenters. The molecular weight excluding hydrogens is 236 g/mol. The second-order valence-corrected chi connectivity index (χ2v) is 4.90. The maximum absolute atomic E-state index is 11.8. The number of fused-ring (bicyclic) bond motifs is 1. The first kappa shape index (κ1) is 12.1. The molecule has 0 aliphatic rings. The number of thioether (sulfide) groups is 1. The highest BCUT2D eigenvalue weighted by molar-refractivity contribution is 7.98. The summed E-state index contributed by atoms with van der Waals surface area (Å²) in [6.45, 7) is 2.12. The van der Waals surface area contributed by atoms with Gasteiger partial charge in [0, 0.05) is 23.8 Å². The Morgan fingerprint density at radius 3 is 3.06 bits per heavy atom. The third-order valence-electron chi connectivity index (χ3n) is 2.36. The Bertz CT molecular complexity index is 580. The first-order chi connectivity index (χ1) is 8.20. The Morgan fingerprint density at radius 1 is 1.47 bits per heavy atom. The molecule has 2 aromatic rings. The Balaban J connectivity index is 2.36. The molecule has 0 amide bonds. The van der Waals surface area contributed by atoms with Gasteiger partial charge >= 0.3 is 0 Å². The van der Waals surface area contributed by atoms with Crippen LogP contribution in [-0.4, -0.2) is 26.9 Å². The van der Waals surface area contributed by atoms with Gasteiger partial charge in [-0.3, -0.25) is 9.20 Å². The summed E-state index contributed by atoms with van der Waals surface area (Å²) in [4.78, 5) is 16.2. The number of rotatable bonds is 4. The molecule has 90 valence electrons. The predicted octanol–water partition coefficient (Wildman–Crippen LogP) is 1.23. The number of aromatic nitrogens is 2. The Kier molecular flexibility index (Phi) is 3.81. The number of hydrogen-bond donors (Lipinski definition) is 1. The van der Waals surface area contributed by atoms with Gasteiger partial charge in [0.25, 0.3) is 5.56 Å². The molecule has 0 saturated heterocycles. The fourth-order valence-corrected chi connectivity index (χ4v) is 2.20. The van der Waals surface area contributed by atoms with Crippen LogP contribution in [0.3, 0.4) is 0 Å². The summed E-state index contributed by atoms with van der Waals surface area (Å²) in [5, 5.41) is 8.70. The fraction of sp³-hybridized carbons (Fsp3) is 0.333. The molecule has 5 heteroatoms. The molecule has 2 rings (SSSR count). The van der Waals surface area contributed by atoms with Crippen LogP contribution in [0.2, 0.25) is 0 Å². The minimum Gasteiger partial charge on any atom is -0.396 e. The van der Waals surface area contributed by atoms with Crippen LogP contribution in [0.1, 0.15) is 11.3 Å². The van der Waals surface area contributed by atoms with Crippen molar-refractivity contribution in [2.24, 2.45) is 0 Å². The van der Waals surface area contributed by atoms with E-state index in [1.165, 1.54) is 4.40 Å². The van der Waals surface area contributed by atoms with Crippen LogP contribution in [0.15, 0.2) is 29.2 Å². The summed E-state index contributed by atoms with van der Waals surface area (Å²) >= 11 is 1.57. The SMILES string of the molecule is Cc1ccn2c(=O)cc(CSCCO)nc2c1. The zero-order valence-corrected chi connectivity index (χ0v) is 10.4. The van der Waals surface area contributed by atoms with E-state index in [1.807, 2.05) is 19.1 Å². The van der Waals surface area contributed by atoms with Crippen LogP contribution in [0.25, 0.3) is 5.65 Å². The van der Waals surface area contributed by atoms with Gasteiger partial charge < -0.3 is 5.11 Å². The van der Waals surface area contributed by atoms with E-state index in [1.54, 1.807) is 24.0 Å². The van der Waals surface area contributed by atoms with Crippen molar-refractivity contribution in [1.29, 1.82) is 0 Å². The fourth-order valence-electron chi connectivity index (χ4n) is 1.57. The van der Waals surface area contributed by atoms with Crippen molar-refractivity contribution in [3.63, 3.8) is 0 Å². The molecule has 4 nitrogen and oxygen atoms in total. The van der Waals surface area contributed by atoms with Gasteiger partial charge in [-0.2, -0.15) is 11.8 Å². The molecule has 0 radical (unpaired) electrons. The van der Waals surface area contributed by atoms with Gasteiger partial charge in [0.15, 0.2) is 0 Å². The average molecular weight is 250 g/mol. The van der Waals surface area contributed by atoms with E-state index >= 15 is 0 Å². The third-order valence-corrected chi connectivity index (χ3v) is 3.33. The van der Waals surface area contributed by atoms with Crippen molar-refractivity contribution in [2.45, 2.75) is 12.7 Å². The summed E-state index contributed by atoms with van der Waals surface area (Å²) in [6, 6.07) is 5.32. The van der Waals surface area contributed by atoms with E-state index in [0.29, 0.717) is 17.2 Å². The van der Waals surface area contributed by atoms with Crippen molar-refractivity contribution in [3.05, 3.63) is 46.0 Å². The van der Waals surface area contributed by atoms with Crippen LogP contribution in [0.4, 0.5) is 0 Å². The van der Waals surface area contributed by atoms with Gasteiger partial charge in [0.1, 0.15) is 5.65 Å². The molecule has 17 heavy (non-hydrogen) atoms.